The number of hydrogen-bond acceptors (Lipinski definition) is 4. The Morgan fingerprint density at radius 2 is 2.12 bits per heavy atom. The Bertz CT molecular complexity index is 342. The largest absolute Gasteiger partial charge is 0.496 e. The Morgan fingerprint density at radius 3 is 2.69 bits per heavy atom. The van der Waals surface area contributed by atoms with E-state index in [1.54, 1.807) is 7.11 Å². The SMILES string of the molecule is COc1cccc(C)c1C(O)C(N)CCN. The van der Waals surface area contributed by atoms with Crippen LogP contribution in [0.3, 0.4) is 0 Å². The highest BCUT2D eigenvalue weighted by atomic mass is 16.5. The molecule has 1 aromatic rings. The second kappa shape index (κ2) is 5.84. The number of hydrogen-bond donors (Lipinski definition) is 3. The highest BCUT2D eigenvalue weighted by molar-refractivity contribution is 5.41. The molecule has 0 radical (unpaired) electrons. The van der Waals surface area contributed by atoms with Gasteiger partial charge in [0.25, 0.3) is 0 Å². The van der Waals surface area contributed by atoms with E-state index >= 15 is 0 Å². The second-order valence-corrected chi connectivity index (χ2v) is 3.88. The highest BCUT2D eigenvalue weighted by Crippen LogP contribution is 2.30. The minimum atomic E-state index is -0.736. The van der Waals surface area contributed by atoms with Crippen molar-refractivity contribution in [1.82, 2.24) is 0 Å². The van der Waals surface area contributed by atoms with Crippen LogP contribution >= 0.6 is 0 Å². The van der Waals surface area contributed by atoms with Gasteiger partial charge in [-0.15, -0.1) is 0 Å². The van der Waals surface area contributed by atoms with Crippen LogP contribution in [0.25, 0.3) is 0 Å². The van der Waals surface area contributed by atoms with E-state index in [0.717, 1.165) is 11.1 Å². The Hall–Kier alpha value is -1.10. The number of aryl methyl sites for hydroxylation is 1. The molecule has 4 heteroatoms. The molecule has 90 valence electrons. The minimum absolute atomic E-state index is 0.361. The van der Waals surface area contributed by atoms with Gasteiger partial charge in [-0.05, 0) is 31.5 Å². The van der Waals surface area contributed by atoms with Gasteiger partial charge in [0.2, 0.25) is 0 Å². The highest BCUT2D eigenvalue weighted by Gasteiger charge is 2.21. The molecule has 1 aromatic carbocycles. The molecule has 0 bridgehead atoms. The normalized spacial score (nSPS) is 14.6. The van der Waals surface area contributed by atoms with Crippen molar-refractivity contribution in [3.63, 3.8) is 0 Å². The van der Waals surface area contributed by atoms with Gasteiger partial charge in [0.05, 0.1) is 13.2 Å². The maximum Gasteiger partial charge on any atom is 0.124 e. The molecule has 0 spiro atoms. The number of aliphatic hydroxyl groups excluding tert-OH is 1. The molecular weight excluding hydrogens is 204 g/mol. The molecule has 16 heavy (non-hydrogen) atoms. The quantitative estimate of drug-likeness (QED) is 0.688. The van der Waals surface area contributed by atoms with Crippen molar-refractivity contribution in [2.45, 2.75) is 25.5 Å². The van der Waals surface area contributed by atoms with Crippen molar-refractivity contribution in [2.75, 3.05) is 13.7 Å². The zero-order chi connectivity index (χ0) is 12.1. The van der Waals surface area contributed by atoms with E-state index in [0.29, 0.717) is 18.7 Å². The molecule has 0 aliphatic rings. The predicted molar refractivity (Wildman–Crippen MR) is 64.3 cm³/mol. The Kier molecular flexibility index (Phi) is 4.73. The summed E-state index contributed by atoms with van der Waals surface area (Å²) in [6.45, 7) is 2.39. The third-order valence-corrected chi connectivity index (χ3v) is 2.71. The summed E-state index contributed by atoms with van der Waals surface area (Å²) in [6.07, 6.45) is -0.154. The summed E-state index contributed by atoms with van der Waals surface area (Å²) >= 11 is 0. The zero-order valence-electron chi connectivity index (χ0n) is 9.81. The fourth-order valence-electron chi connectivity index (χ4n) is 1.78. The van der Waals surface area contributed by atoms with Gasteiger partial charge < -0.3 is 21.3 Å². The minimum Gasteiger partial charge on any atom is -0.496 e. The van der Waals surface area contributed by atoms with Gasteiger partial charge in [-0.1, -0.05) is 12.1 Å². The predicted octanol–water partition coefficient (Wildman–Crippen LogP) is 0.713. The van der Waals surface area contributed by atoms with Gasteiger partial charge in [-0.2, -0.15) is 0 Å². The van der Waals surface area contributed by atoms with Crippen LogP contribution < -0.4 is 16.2 Å². The first kappa shape index (κ1) is 13.0. The second-order valence-electron chi connectivity index (χ2n) is 3.88. The zero-order valence-corrected chi connectivity index (χ0v) is 9.81. The van der Waals surface area contributed by atoms with E-state index < -0.39 is 6.10 Å². The first-order valence-corrected chi connectivity index (χ1v) is 5.39. The van der Waals surface area contributed by atoms with Crippen molar-refractivity contribution >= 4 is 0 Å². The summed E-state index contributed by atoms with van der Waals surface area (Å²) in [6, 6.07) is 5.27. The fraction of sp³-hybridized carbons (Fsp3) is 0.500. The van der Waals surface area contributed by atoms with Gasteiger partial charge in [-0.3, -0.25) is 0 Å². The molecule has 2 atom stereocenters. The molecule has 0 aliphatic heterocycles. The summed E-state index contributed by atoms with van der Waals surface area (Å²) in [5.74, 6) is 0.667. The van der Waals surface area contributed by atoms with Crippen molar-refractivity contribution in [3.8, 4) is 5.75 Å². The van der Waals surface area contributed by atoms with Gasteiger partial charge in [0.1, 0.15) is 5.75 Å². The molecule has 5 N–H and O–H groups in total. The van der Waals surface area contributed by atoms with Crippen molar-refractivity contribution in [2.24, 2.45) is 11.5 Å². The number of benzene rings is 1. The molecule has 0 fully saturated rings. The average Bonchev–Trinajstić information content (AvgIpc) is 2.28. The van der Waals surface area contributed by atoms with Crippen LogP contribution in [0.15, 0.2) is 18.2 Å². The van der Waals surface area contributed by atoms with Crippen LogP contribution in [0.2, 0.25) is 0 Å². The van der Waals surface area contributed by atoms with Crippen molar-refractivity contribution < 1.29 is 9.84 Å². The molecule has 0 aromatic heterocycles. The van der Waals surface area contributed by atoms with Crippen LogP contribution in [0.5, 0.6) is 5.75 Å². The summed E-state index contributed by atoms with van der Waals surface area (Å²) < 4.78 is 5.23. The Balaban J connectivity index is 3.01. The maximum atomic E-state index is 10.2. The van der Waals surface area contributed by atoms with Crippen LogP contribution in [0, 0.1) is 6.92 Å². The number of nitrogens with two attached hydrogens (primary N) is 2. The van der Waals surface area contributed by atoms with Gasteiger partial charge >= 0.3 is 0 Å². The molecular formula is C12H20N2O2. The van der Waals surface area contributed by atoms with Crippen LogP contribution in [-0.4, -0.2) is 24.8 Å². The van der Waals surface area contributed by atoms with Crippen LogP contribution in [-0.2, 0) is 0 Å². The summed E-state index contributed by atoms with van der Waals surface area (Å²) in [5, 5.41) is 10.2. The van der Waals surface area contributed by atoms with E-state index in [4.69, 9.17) is 16.2 Å². The lowest BCUT2D eigenvalue weighted by atomic mass is 9.95. The average molecular weight is 224 g/mol. The van der Waals surface area contributed by atoms with Gasteiger partial charge in [-0.25, -0.2) is 0 Å². The first-order valence-electron chi connectivity index (χ1n) is 5.39. The standard InChI is InChI=1S/C12H20N2O2/c1-8-4-3-5-10(16-2)11(8)12(15)9(14)6-7-13/h3-5,9,12,15H,6-7,13-14H2,1-2H3. The maximum absolute atomic E-state index is 10.2. The lowest BCUT2D eigenvalue weighted by Crippen LogP contribution is -2.31. The summed E-state index contributed by atoms with van der Waals surface area (Å²) in [7, 11) is 1.58. The Labute approximate surface area is 96.2 Å². The molecule has 0 amide bonds. The van der Waals surface area contributed by atoms with Crippen LogP contribution in [0.1, 0.15) is 23.7 Å². The van der Waals surface area contributed by atoms with E-state index in [-0.39, 0.29) is 6.04 Å². The number of methoxy groups -OCH3 is 1. The van der Waals surface area contributed by atoms with Gasteiger partial charge in [0.15, 0.2) is 0 Å². The van der Waals surface area contributed by atoms with Crippen molar-refractivity contribution in [3.05, 3.63) is 29.3 Å². The van der Waals surface area contributed by atoms with Crippen molar-refractivity contribution in [1.29, 1.82) is 0 Å². The first-order chi connectivity index (χ1) is 7.61. The lowest BCUT2D eigenvalue weighted by molar-refractivity contribution is 0.139. The molecule has 1 rings (SSSR count). The molecule has 0 aliphatic carbocycles. The van der Waals surface area contributed by atoms with Gasteiger partial charge in [0, 0.05) is 11.6 Å². The Morgan fingerprint density at radius 1 is 1.44 bits per heavy atom. The van der Waals surface area contributed by atoms with E-state index in [1.807, 2.05) is 25.1 Å². The third-order valence-electron chi connectivity index (χ3n) is 2.71. The number of rotatable bonds is 5. The topological polar surface area (TPSA) is 81.5 Å². The number of aliphatic hydroxyl groups is 1. The van der Waals surface area contributed by atoms with E-state index in [9.17, 15) is 5.11 Å². The summed E-state index contributed by atoms with van der Waals surface area (Å²) in [5.41, 5.74) is 13.0. The molecule has 2 unspecified atom stereocenters. The number of ether oxygens (including phenoxy) is 1. The fourth-order valence-corrected chi connectivity index (χ4v) is 1.78. The molecule has 0 heterocycles. The molecule has 4 nitrogen and oxygen atoms in total. The smallest absolute Gasteiger partial charge is 0.124 e. The monoisotopic (exact) mass is 224 g/mol. The van der Waals surface area contributed by atoms with Crippen LogP contribution in [0.4, 0.5) is 0 Å². The molecule has 0 saturated heterocycles. The van der Waals surface area contributed by atoms with E-state index in [1.165, 1.54) is 0 Å². The lowest BCUT2D eigenvalue weighted by Gasteiger charge is -2.22. The summed E-state index contributed by atoms with van der Waals surface area (Å²) in [4.78, 5) is 0. The molecule has 0 saturated carbocycles. The van der Waals surface area contributed by atoms with E-state index in [2.05, 4.69) is 0 Å². The third kappa shape index (κ3) is 2.72.